The lowest BCUT2D eigenvalue weighted by Crippen LogP contribution is -2.49. The predicted molar refractivity (Wildman–Crippen MR) is 104 cm³/mol. The second kappa shape index (κ2) is 8.00. The van der Waals surface area contributed by atoms with Crippen molar-refractivity contribution in [3.8, 4) is 0 Å². The van der Waals surface area contributed by atoms with E-state index in [1.165, 1.54) is 4.90 Å². The molecule has 0 unspecified atom stereocenters. The third-order valence-electron chi connectivity index (χ3n) is 5.55. The molecule has 8 heteroatoms. The molecular weight excluding hydrogens is 360 g/mol. The fourth-order valence-electron chi connectivity index (χ4n) is 3.98. The number of hydrogen-bond donors (Lipinski definition) is 2. The van der Waals surface area contributed by atoms with Gasteiger partial charge in [0, 0.05) is 24.8 Å². The Morgan fingerprint density at radius 3 is 2.32 bits per heavy atom. The van der Waals surface area contributed by atoms with Crippen LogP contribution in [0.4, 0.5) is 10.5 Å². The van der Waals surface area contributed by atoms with Crippen LogP contribution in [0.15, 0.2) is 24.3 Å². The first-order valence-corrected chi connectivity index (χ1v) is 9.67. The van der Waals surface area contributed by atoms with Gasteiger partial charge in [0.25, 0.3) is 11.8 Å². The molecule has 1 aliphatic heterocycles. The number of imide groups is 1. The Morgan fingerprint density at radius 1 is 1.07 bits per heavy atom. The summed E-state index contributed by atoms with van der Waals surface area (Å²) in [6, 6.07) is 6.03. The van der Waals surface area contributed by atoms with E-state index in [2.05, 4.69) is 10.6 Å². The minimum absolute atomic E-state index is 0.186. The number of carbonyl (C=O) groups excluding carboxylic acids is 4. The predicted octanol–water partition coefficient (Wildman–Crippen LogP) is 1.97. The quantitative estimate of drug-likeness (QED) is 0.756. The van der Waals surface area contributed by atoms with Crippen molar-refractivity contribution in [2.24, 2.45) is 0 Å². The smallest absolute Gasteiger partial charge is 0.327 e. The summed E-state index contributed by atoms with van der Waals surface area (Å²) < 4.78 is 0. The van der Waals surface area contributed by atoms with Crippen LogP contribution in [0, 0.1) is 0 Å². The number of anilines is 1. The zero-order valence-electron chi connectivity index (χ0n) is 16.3. The van der Waals surface area contributed by atoms with Crippen molar-refractivity contribution in [2.45, 2.75) is 44.6 Å². The van der Waals surface area contributed by atoms with Gasteiger partial charge in [0.05, 0.1) is 0 Å². The Labute approximate surface area is 164 Å². The highest BCUT2D eigenvalue weighted by Crippen LogP contribution is 2.39. The second-order valence-corrected chi connectivity index (χ2v) is 7.31. The summed E-state index contributed by atoms with van der Waals surface area (Å²) in [5, 5.41) is 5.38. The van der Waals surface area contributed by atoms with Crippen molar-refractivity contribution >= 4 is 29.4 Å². The van der Waals surface area contributed by atoms with Crippen LogP contribution in [0.5, 0.6) is 0 Å². The number of rotatable bonds is 5. The molecule has 1 saturated carbocycles. The van der Waals surface area contributed by atoms with Gasteiger partial charge < -0.3 is 15.5 Å². The van der Waals surface area contributed by atoms with Crippen LogP contribution in [0.25, 0.3) is 0 Å². The molecule has 8 nitrogen and oxygen atoms in total. The van der Waals surface area contributed by atoms with E-state index in [1.807, 2.05) is 6.92 Å². The first kappa shape index (κ1) is 19.9. The standard InChI is InChI=1S/C20H26N4O4/c1-3-21-17(26)14-7-9-15(10-8-14)22-16(25)13-24-18(27)20(23(2)19(24)28)11-5-4-6-12-20/h7-10H,3-6,11-13H2,1-2H3,(H,21,26)(H,22,25). The lowest BCUT2D eigenvalue weighted by molar-refractivity contribution is -0.136. The molecule has 3 rings (SSSR count). The summed E-state index contributed by atoms with van der Waals surface area (Å²) in [5.41, 5.74) is 0.202. The number of nitrogens with one attached hydrogen (secondary N) is 2. The lowest BCUT2D eigenvalue weighted by Gasteiger charge is -2.35. The van der Waals surface area contributed by atoms with Crippen LogP contribution in [-0.4, -0.2) is 59.2 Å². The molecule has 1 aliphatic carbocycles. The SMILES string of the molecule is CCNC(=O)c1ccc(NC(=O)CN2C(=O)N(C)C3(CCCCC3)C2=O)cc1. The molecule has 0 aromatic heterocycles. The molecule has 1 aromatic carbocycles. The maximum atomic E-state index is 12.9. The van der Waals surface area contributed by atoms with Crippen molar-refractivity contribution in [1.82, 2.24) is 15.1 Å². The molecule has 1 spiro atoms. The van der Waals surface area contributed by atoms with Crippen LogP contribution in [-0.2, 0) is 9.59 Å². The van der Waals surface area contributed by atoms with Crippen LogP contribution in [0.3, 0.4) is 0 Å². The van der Waals surface area contributed by atoms with Crippen LogP contribution in [0.2, 0.25) is 0 Å². The molecule has 2 fully saturated rings. The molecule has 0 radical (unpaired) electrons. The third-order valence-corrected chi connectivity index (χ3v) is 5.55. The molecule has 1 heterocycles. The van der Waals surface area contributed by atoms with Crippen molar-refractivity contribution in [1.29, 1.82) is 0 Å². The molecule has 0 bridgehead atoms. The van der Waals surface area contributed by atoms with Gasteiger partial charge in [-0.3, -0.25) is 19.3 Å². The number of benzene rings is 1. The Hall–Kier alpha value is -2.90. The fourth-order valence-corrected chi connectivity index (χ4v) is 3.98. The summed E-state index contributed by atoms with van der Waals surface area (Å²) in [6.45, 7) is 2.05. The number of nitrogens with zero attached hydrogens (tertiary/aromatic N) is 2. The van der Waals surface area contributed by atoms with Gasteiger partial charge in [-0.05, 0) is 44.0 Å². The Morgan fingerprint density at radius 2 is 1.71 bits per heavy atom. The third kappa shape index (κ3) is 3.58. The van der Waals surface area contributed by atoms with E-state index >= 15 is 0 Å². The summed E-state index contributed by atoms with van der Waals surface area (Å²) in [5.74, 6) is -0.912. The lowest BCUT2D eigenvalue weighted by atomic mass is 9.81. The minimum Gasteiger partial charge on any atom is -0.352 e. The van der Waals surface area contributed by atoms with Gasteiger partial charge in [0.2, 0.25) is 5.91 Å². The van der Waals surface area contributed by atoms with E-state index < -0.39 is 17.5 Å². The molecule has 2 N–H and O–H groups in total. The topological polar surface area (TPSA) is 98.8 Å². The van der Waals surface area contributed by atoms with E-state index in [9.17, 15) is 19.2 Å². The first-order valence-electron chi connectivity index (χ1n) is 9.67. The van der Waals surface area contributed by atoms with Gasteiger partial charge in [-0.15, -0.1) is 0 Å². The van der Waals surface area contributed by atoms with Gasteiger partial charge in [-0.1, -0.05) is 19.3 Å². The van der Waals surface area contributed by atoms with Crippen LogP contribution < -0.4 is 10.6 Å². The van der Waals surface area contributed by atoms with Crippen LogP contribution in [0.1, 0.15) is 49.4 Å². The Kier molecular flexibility index (Phi) is 5.67. The van der Waals surface area contributed by atoms with E-state index in [0.29, 0.717) is 30.6 Å². The van der Waals surface area contributed by atoms with Crippen LogP contribution >= 0.6 is 0 Å². The summed E-state index contributed by atoms with van der Waals surface area (Å²) in [4.78, 5) is 52.2. The van der Waals surface area contributed by atoms with Gasteiger partial charge in [0.1, 0.15) is 12.1 Å². The Bertz CT molecular complexity index is 784. The molecular formula is C20H26N4O4. The summed E-state index contributed by atoms with van der Waals surface area (Å²) in [6.07, 6.45) is 4.16. The number of urea groups is 1. The Balaban J connectivity index is 1.64. The molecule has 5 amide bonds. The van der Waals surface area contributed by atoms with Crippen molar-refractivity contribution < 1.29 is 19.2 Å². The zero-order valence-corrected chi connectivity index (χ0v) is 16.3. The van der Waals surface area contributed by atoms with Crippen molar-refractivity contribution in [3.05, 3.63) is 29.8 Å². The summed E-state index contributed by atoms with van der Waals surface area (Å²) >= 11 is 0. The maximum absolute atomic E-state index is 12.9. The number of hydrogen-bond acceptors (Lipinski definition) is 4. The van der Waals surface area contributed by atoms with Gasteiger partial charge in [-0.25, -0.2) is 4.79 Å². The monoisotopic (exact) mass is 386 g/mol. The normalized spacial score (nSPS) is 18.5. The number of carbonyl (C=O) groups is 4. The molecule has 1 saturated heterocycles. The largest absolute Gasteiger partial charge is 0.352 e. The van der Waals surface area contributed by atoms with Gasteiger partial charge in [0.15, 0.2) is 0 Å². The molecule has 0 atom stereocenters. The van der Waals surface area contributed by atoms with E-state index in [4.69, 9.17) is 0 Å². The molecule has 28 heavy (non-hydrogen) atoms. The van der Waals surface area contributed by atoms with E-state index in [-0.39, 0.29) is 18.4 Å². The van der Waals surface area contributed by atoms with Crippen molar-refractivity contribution in [2.75, 3.05) is 25.5 Å². The molecule has 1 aromatic rings. The number of likely N-dealkylation sites (N-methyl/N-ethyl adjacent to an activating group) is 1. The maximum Gasteiger partial charge on any atom is 0.327 e. The van der Waals surface area contributed by atoms with E-state index in [0.717, 1.165) is 24.2 Å². The number of amides is 5. The van der Waals surface area contributed by atoms with Gasteiger partial charge >= 0.3 is 6.03 Å². The first-order chi connectivity index (χ1) is 13.4. The average Bonchev–Trinajstić information content (AvgIpc) is 2.86. The highest BCUT2D eigenvalue weighted by Gasteiger charge is 2.55. The second-order valence-electron chi connectivity index (χ2n) is 7.31. The minimum atomic E-state index is -0.788. The zero-order chi connectivity index (χ0) is 20.3. The highest BCUT2D eigenvalue weighted by molar-refractivity contribution is 6.10. The molecule has 2 aliphatic rings. The van der Waals surface area contributed by atoms with Gasteiger partial charge in [-0.2, -0.15) is 0 Å². The average molecular weight is 386 g/mol. The fraction of sp³-hybridized carbons (Fsp3) is 0.500. The van der Waals surface area contributed by atoms with Crippen molar-refractivity contribution in [3.63, 3.8) is 0 Å². The summed E-state index contributed by atoms with van der Waals surface area (Å²) in [7, 11) is 1.64. The highest BCUT2D eigenvalue weighted by atomic mass is 16.2. The molecule has 150 valence electrons. The van der Waals surface area contributed by atoms with E-state index in [1.54, 1.807) is 31.3 Å².